The fourth-order valence-electron chi connectivity index (χ4n) is 4.12. The lowest BCUT2D eigenvalue weighted by atomic mass is 9.71. The molecule has 30 heavy (non-hydrogen) atoms. The van der Waals surface area contributed by atoms with Crippen LogP contribution in [0.3, 0.4) is 0 Å². The average Bonchev–Trinajstić information content (AvgIpc) is 3.04. The number of β-lactam (4-membered cyclic amide) rings is 1. The van der Waals surface area contributed by atoms with E-state index >= 15 is 0 Å². The van der Waals surface area contributed by atoms with Crippen LogP contribution in [0.5, 0.6) is 5.75 Å². The zero-order valence-electron chi connectivity index (χ0n) is 17.0. The molecule has 3 amide bonds. The number of para-hydroxylation sites is 1. The fourth-order valence-corrected chi connectivity index (χ4v) is 4.12. The van der Waals surface area contributed by atoms with Crippen molar-refractivity contribution in [1.29, 1.82) is 0 Å². The lowest BCUT2D eigenvalue weighted by Crippen LogP contribution is -2.74. The van der Waals surface area contributed by atoms with Gasteiger partial charge in [-0.2, -0.15) is 0 Å². The minimum Gasteiger partial charge on any atom is -0.469 e. The summed E-state index contributed by atoms with van der Waals surface area (Å²) in [4.78, 5) is 40.9. The quantitative estimate of drug-likeness (QED) is 0.655. The number of hydrogen-bond acceptors (Lipinski definition) is 5. The van der Waals surface area contributed by atoms with Crippen LogP contribution in [0.1, 0.15) is 32.3 Å². The third-order valence-electron chi connectivity index (χ3n) is 5.98. The van der Waals surface area contributed by atoms with E-state index in [1.165, 1.54) is 4.90 Å². The van der Waals surface area contributed by atoms with E-state index in [4.69, 9.17) is 9.47 Å². The molecule has 2 aromatic rings. The molecule has 7 nitrogen and oxygen atoms in total. The summed E-state index contributed by atoms with van der Waals surface area (Å²) in [6.07, 6.45) is -1.65. The first kappa shape index (κ1) is 19.9. The van der Waals surface area contributed by atoms with E-state index in [0.29, 0.717) is 18.6 Å². The Morgan fingerprint density at radius 3 is 2.13 bits per heavy atom. The highest BCUT2D eigenvalue weighted by Crippen LogP contribution is 2.48. The highest BCUT2D eigenvalue weighted by molar-refractivity contribution is 6.03. The zero-order valence-corrected chi connectivity index (χ0v) is 17.0. The molecule has 2 fully saturated rings. The minimum atomic E-state index is -1.31. The predicted molar refractivity (Wildman–Crippen MR) is 108 cm³/mol. The molecule has 0 bridgehead atoms. The molecular weight excluding hydrogens is 384 g/mol. The number of carbonyl (C=O) groups is 3. The molecule has 156 valence electrons. The Kier molecular flexibility index (Phi) is 5.20. The van der Waals surface area contributed by atoms with Crippen molar-refractivity contribution in [3.05, 3.63) is 66.2 Å². The van der Waals surface area contributed by atoms with Crippen LogP contribution in [-0.2, 0) is 20.9 Å². The lowest BCUT2D eigenvalue weighted by molar-refractivity contribution is -0.225. The second-order valence-corrected chi connectivity index (χ2v) is 7.51. The molecule has 2 heterocycles. The maximum absolute atomic E-state index is 13.1. The number of imide groups is 1. The number of benzene rings is 2. The van der Waals surface area contributed by atoms with Gasteiger partial charge in [0.1, 0.15) is 11.2 Å². The van der Waals surface area contributed by atoms with Crippen LogP contribution in [-0.4, -0.2) is 40.2 Å². The Morgan fingerprint density at radius 2 is 1.53 bits per heavy atom. The number of rotatable bonds is 7. The third-order valence-corrected chi connectivity index (χ3v) is 5.98. The van der Waals surface area contributed by atoms with Crippen LogP contribution >= 0.6 is 0 Å². The molecule has 2 aromatic carbocycles. The van der Waals surface area contributed by atoms with Gasteiger partial charge in [0.05, 0.1) is 6.54 Å². The van der Waals surface area contributed by atoms with Crippen molar-refractivity contribution in [2.24, 2.45) is 5.41 Å². The van der Waals surface area contributed by atoms with Gasteiger partial charge in [-0.1, -0.05) is 62.4 Å². The summed E-state index contributed by atoms with van der Waals surface area (Å²) >= 11 is 0. The second kappa shape index (κ2) is 7.82. The molecular formula is C23H24N2O5. The van der Waals surface area contributed by atoms with Crippen molar-refractivity contribution < 1.29 is 23.9 Å². The highest BCUT2D eigenvalue weighted by Gasteiger charge is 2.66. The van der Waals surface area contributed by atoms with Crippen molar-refractivity contribution in [3.63, 3.8) is 0 Å². The van der Waals surface area contributed by atoms with Crippen molar-refractivity contribution in [1.82, 2.24) is 9.80 Å². The summed E-state index contributed by atoms with van der Waals surface area (Å²) in [5.74, 6) is -0.204. The Morgan fingerprint density at radius 1 is 0.933 bits per heavy atom. The minimum absolute atomic E-state index is 0.0912. The third kappa shape index (κ3) is 3.10. The summed E-state index contributed by atoms with van der Waals surface area (Å²) in [6, 6.07) is 18.3. The van der Waals surface area contributed by atoms with Gasteiger partial charge >= 0.3 is 6.09 Å². The molecule has 2 atom stereocenters. The molecule has 2 aliphatic rings. The molecule has 0 aliphatic carbocycles. The largest absolute Gasteiger partial charge is 0.469 e. The zero-order chi connectivity index (χ0) is 21.3. The van der Waals surface area contributed by atoms with Crippen molar-refractivity contribution in [2.45, 2.75) is 45.7 Å². The van der Waals surface area contributed by atoms with Gasteiger partial charge in [-0.3, -0.25) is 14.5 Å². The van der Waals surface area contributed by atoms with Crippen LogP contribution < -0.4 is 4.74 Å². The number of cyclic esters (lactones) is 1. The molecule has 0 N–H and O–H groups in total. The van der Waals surface area contributed by atoms with Gasteiger partial charge in [0.2, 0.25) is 5.91 Å². The van der Waals surface area contributed by atoms with Crippen LogP contribution in [0.2, 0.25) is 0 Å². The topological polar surface area (TPSA) is 76.2 Å². The van der Waals surface area contributed by atoms with E-state index in [-0.39, 0.29) is 12.5 Å². The summed E-state index contributed by atoms with van der Waals surface area (Å²) in [7, 11) is 0. The van der Waals surface area contributed by atoms with Crippen LogP contribution in [0, 0.1) is 5.41 Å². The van der Waals surface area contributed by atoms with E-state index in [1.807, 2.05) is 62.4 Å². The lowest BCUT2D eigenvalue weighted by Gasteiger charge is -2.55. The average molecular weight is 408 g/mol. The normalized spacial score (nSPS) is 22.7. The number of likely N-dealkylation sites (tertiary alicyclic amines) is 1. The molecule has 0 spiro atoms. The van der Waals surface area contributed by atoms with Gasteiger partial charge < -0.3 is 9.47 Å². The van der Waals surface area contributed by atoms with Gasteiger partial charge in [-0.25, -0.2) is 9.69 Å². The SMILES string of the molecule is CCC1(CC)C(=O)N([C@H]2OC(=O)N(Cc3ccccc3)C2=O)[C@@H]1Oc1ccccc1. The molecule has 7 heteroatoms. The van der Waals surface area contributed by atoms with Crippen LogP contribution in [0.4, 0.5) is 4.79 Å². The van der Waals surface area contributed by atoms with E-state index in [2.05, 4.69) is 0 Å². The number of hydrogen-bond donors (Lipinski definition) is 0. The molecule has 2 aliphatic heterocycles. The first-order valence-electron chi connectivity index (χ1n) is 10.1. The van der Waals surface area contributed by atoms with E-state index < -0.39 is 29.9 Å². The Balaban J connectivity index is 1.59. The Bertz CT molecular complexity index is 943. The summed E-state index contributed by atoms with van der Waals surface area (Å²) < 4.78 is 11.5. The molecule has 4 rings (SSSR count). The van der Waals surface area contributed by atoms with Gasteiger partial charge in [0.15, 0.2) is 6.23 Å². The number of amides is 3. The summed E-state index contributed by atoms with van der Waals surface area (Å²) in [5, 5.41) is 0. The molecule has 2 saturated heterocycles. The predicted octanol–water partition coefficient (Wildman–Crippen LogP) is 3.55. The van der Waals surface area contributed by atoms with Crippen LogP contribution in [0.25, 0.3) is 0 Å². The van der Waals surface area contributed by atoms with E-state index in [9.17, 15) is 14.4 Å². The summed E-state index contributed by atoms with van der Waals surface area (Å²) in [6.45, 7) is 3.93. The molecule has 0 radical (unpaired) electrons. The molecule has 0 unspecified atom stereocenters. The number of ether oxygens (including phenoxy) is 2. The van der Waals surface area contributed by atoms with Crippen molar-refractivity contribution in [2.75, 3.05) is 0 Å². The first-order chi connectivity index (χ1) is 14.5. The smallest absolute Gasteiger partial charge is 0.419 e. The Hall–Kier alpha value is -3.35. The summed E-state index contributed by atoms with van der Waals surface area (Å²) in [5.41, 5.74) is 0.0435. The monoisotopic (exact) mass is 408 g/mol. The number of carbonyl (C=O) groups excluding carboxylic acids is 3. The highest BCUT2D eigenvalue weighted by atomic mass is 16.6. The van der Waals surface area contributed by atoms with Crippen LogP contribution in [0.15, 0.2) is 60.7 Å². The molecule has 0 saturated carbocycles. The maximum atomic E-state index is 13.1. The Labute approximate surface area is 175 Å². The van der Waals surface area contributed by atoms with Crippen molar-refractivity contribution in [3.8, 4) is 5.75 Å². The van der Waals surface area contributed by atoms with Gasteiger partial charge in [0, 0.05) is 0 Å². The first-order valence-corrected chi connectivity index (χ1v) is 10.1. The van der Waals surface area contributed by atoms with Gasteiger partial charge in [-0.05, 0) is 30.5 Å². The fraction of sp³-hybridized carbons (Fsp3) is 0.348. The van der Waals surface area contributed by atoms with Crippen molar-refractivity contribution >= 4 is 17.9 Å². The maximum Gasteiger partial charge on any atom is 0.419 e. The van der Waals surface area contributed by atoms with Gasteiger partial charge in [0.25, 0.3) is 12.1 Å². The second-order valence-electron chi connectivity index (χ2n) is 7.51. The van der Waals surface area contributed by atoms with E-state index in [1.54, 1.807) is 12.1 Å². The van der Waals surface area contributed by atoms with E-state index in [0.717, 1.165) is 10.5 Å². The molecule has 0 aromatic heterocycles. The van der Waals surface area contributed by atoms with Gasteiger partial charge in [-0.15, -0.1) is 0 Å². The number of nitrogens with zero attached hydrogens (tertiary/aromatic N) is 2. The standard InChI is InChI=1S/C23H24N2O5/c1-3-23(4-2)20(27)25(21(23)29-17-13-9-6-10-14-17)19-18(26)24(22(28)30-19)15-16-11-7-5-8-12-16/h5-14,19,21H,3-4,15H2,1-2H3/t19-,21+/m0/s1.